The molecule has 1 aliphatic heterocycles. The zero-order chi connectivity index (χ0) is 19.9. The van der Waals surface area contributed by atoms with Gasteiger partial charge < -0.3 is 0 Å². The van der Waals surface area contributed by atoms with Gasteiger partial charge in [-0.25, -0.2) is 0 Å². The van der Waals surface area contributed by atoms with E-state index in [4.69, 9.17) is 12.2 Å². The third-order valence-electron chi connectivity index (χ3n) is 3.77. The minimum Gasteiger partial charge on any atom is -0.292 e. The molecule has 3 amide bonds. The Bertz CT molecular complexity index is 933. The molecule has 0 aliphatic carbocycles. The predicted octanol–water partition coefficient (Wildman–Crippen LogP) is 2.13. The molecule has 0 spiro atoms. The van der Waals surface area contributed by atoms with Crippen LogP contribution in [0.1, 0.15) is 22.3 Å². The normalized spacial score (nSPS) is 15.0. The molecule has 0 radical (unpaired) electrons. The van der Waals surface area contributed by atoms with Crippen molar-refractivity contribution in [3.63, 3.8) is 0 Å². The number of rotatable bonds is 5. The highest BCUT2D eigenvalue weighted by Crippen LogP contribution is 2.32. The number of aromatic nitrogens is 1. The second-order valence-electron chi connectivity index (χ2n) is 5.74. The van der Waals surface area contributed by atoms with E-state index < -0.39 is 11.8 Å². The Morgan fingerprint density at radius 3 is 2.64 bits per heavy atom. The van der Waals surface area contributed by atoms with Crippen LogP contribution in [0.3, 0.4) is 0 Å². The number of hydrogen-bond donors (Lipinski definition) is 2. The molecule has 1 aliphatic rings. The summed E-state index contributed by atoms with van der Waals surface area (Å²) < 4.78 is 0.402. The van der Waals surface area contributed by atoms with Crippen LogP contribution in [0.4, 0.5) is 0 Å². The van der Waals surface area contributed by atoms with Crippen LogP contribution in [0, 0.1) is 0 Å². The number of amides is 3. The van der Waals surface area contributed by atoms with E-state index in [1.165, 1.54) is 22.9 Å². The van der Waals surface area contributed by atoms with Gasteiger partial charge in [-0.05, 0) is 23.8 Å². The summed E-state index contributed by atoms with van der Waals surface area (Å²) in [6, 6.07) is 12.7. The second kappa shape index (κ2) is 9.25. The summed E-state index contributed by atoms with van der Waals surface area (Å²) in [6.45, 7) is 0.130. The third-order valence-corrected chi connectivity index (χ3v) is 5.15. The summed E-state index contributed by atoms with van der Waals surface area (Å²) >= 11 is 6.46. The topological polar surface area (TPSA) is 91.4 Å². The van der Waals surface area contributed by atoms with Gasteiger partial charge in [0.15, 0.2) is 0 Å². The Kier molecular flexibility index (Phi) is 6.51. The molecule has 0 unspecified atom stereocenters. The third kappa shape index (κ3) is 5.02. The summed E-state index contributed by atoms with van der Waals surface area (Å²) in [4.78, 5) is 42.1. The van der Waals surface area contributed by atoms with Gasteiger partial charge in [0.25, 0.3) is 11.8 Å². The van der Waals surface area contributed by atoms with Crippen molar-refractivity contribution in [3.05, 3.63) is 70.9 Å². The number of benzene rings is 1. The standard InChI is InChI=1S/C19H16N4O3S2/c24-16(21-22-17(25)14-7-4-9-20-12-14)8-10-23-18(26)15(28-19(23)27)11-13-5-2-1-3-6-13/h1-7,9,11-12H,8,10H2,(H,21,24)(H,22,25). The highest BCUT2D eigenvalue weighted by Gasteiger charge is 2.32. The quantitative estimate of drug-likeness (QED) is 0.444. The molecule has 0 atom stereocenters. The number of nitrogens with one attached hydrogen (secondary N) is 2. The molecular formula is C19H16N4O3S2. The number of carbonyl (C=O) groups is 3. The summed E-state index contributed by atoms with van der Waals surface area (Å²) in [5.41, 5.74) is 5.85. The Labute approximate surface area is 171 Å². The van der Waals surface area contributed by atoms with E-state index in [1.54, 1.807) is 24.4 Å². The molecule has 1 aromatic carbocycles. The first-order valence-electron chi connectivity index (χ1n) is 8.34. The minimum absolute atomic E-state index is 0.00161. The van der Waals surface area contributed by atoms with Crippen LogP contribution in [0.15, 0.2) is 59.8 Å². The van der Waals surface area contributed by atoms with Crippen LogP contribution in [0.25, 0.3) is 6.08 Å². The molecule has 1 aromatic heterocycles. The number of thioether (sulfide) groups is 1. The Balaban J connectivity index is 1.50. The summed E-state index contributed by atoms with van der Waals surface area (Å²) in [7, 11) is 0. The van der Waals surface area contributed by atoms with E-state index in [1.807, 2.05) is 30.3 Å². The Morgan fingerprint density at radius 2 is 1.93 bits per heavy atom. The average Bonchev–Trinajstić information content (AvgIpc) is 2.98. The lowest BCUT2D eigenvalue weighted by atomic mass is 10.2. The number of nitrogens with zero attached hydrogens (tertiary/aromatic N) is 2. The molecule has 2 aromatic rings. The van der Waals surface area contributed by atoms with Crippen LogP contribution >= 0.6 is 24.0 Å². The van der Waals surface area contributed by atoms with Gasteiger partial charge >= 0.3 is 0 Å². The van der Waals surface area contributed by atoms with Gasteiger partial charge in [-0.3, -0.25) is 35.1 Å². The fourth-order valence-corrected chi connectivity index (χ4v) is 3.67. The zero-order valence-corrected chi connectivity index (χ0v) is 16.3. The van der Waals surface area contributed by atoms with Gasteiger partial charge in [-0.15, -0.1) is 0 Å². The fourth-order valence-electron chi connectivity index (χ4n) is 2.36. The van der Waals surface area contributed by atoms with Crippen molar-refractivity contribution in [2.45, 2.75) is 6.42 Å². The minimum atomic E-state index is -0.474. The van der Waals surface area contributed by atoms with Crippen molar-refractivity contribution in [3.8, 4) is 0 Å². The van der Waals surface area contributed by atoms with Crippen molar-refractivity contribution in [2.75, 3.05) is 6.54 Å². The number of carbonyl (C=O) groups excluding carboxylic acids is 3. The van der Waals surface area contributed by atoms with Crippen LogP contribution in [-0.2, 0) is 9.59 Å². The number of thiocarbonyl (C=S) groups is 1. The molecule has 28 heavy (non-hydrogen) atoms. The molecule has 7 nitrogen and oxygen atoms in total. The monoisotopic (exact) mass is 412 g/mol. The summed E-state index contributed by atoms with van der Waals surface area (Å²) in [5, 5.41) is 0. The Morgan fingerprint density at radius 1 is 1.14 bits per heavy atom. The van der Waals surface area contributed by atoms with Crippen molar-refractivity contribution in [1.82, 2.24) is 20.7 Å². The van der Waals surface area contributed by atoms with Gasteiger partial charge in [-0.1, -0.05) is 54.3 Å². The first-order valence-corrected chi connectivity index (χ1v) is 9.56. The molecule has 3 rings (SSSR count). The van der Waals surface area contributed by atoms with Crippen LogP contribution < -0.4 is 10.9 Å². The molecular weight excluding hydrogens is 396 g/mol. The van der Waals surface area contributed by atoms with Crippen molar-refractivity contribution in [2.24, 2.45) is 0 Å². The SMILES string of the molecule is O=C(CCN1C(=O)C(=Cc2ccccc2)SC1=S)NNC(=O)c1cccnc1. The number of pyridine rings is 1. The van der Waals surface area contributed by atoms with Gasteiger partial charge in [0.1, 0.15) is 4.32 Å². The fraction of sp³-hybridized carbons (Fsp3) is 0.105. The van der Waals surface area contributed by atoms with E-state index in [2.05, 4.69) is 15.8 Å². The van der Waals surface area contributed by atoms with E-state index >= 15 is 0 Å². The maximum Gasteiger partial charge on any atom is 0.271 e. The summed E-state index contributed by atoms with van der Waals surface area (Å²) in [6.07, 6.45) is 4.70. The maximum atomic E-state index is 12.5. The number of hydrogen-bond acceptors (Lipinski definition) is 6. The van der Waals surface area contributed by atoms with Gasteiger partial charge in [0.2, 0.25) is 5.91 Å². The van der Waals surface area contributed by atoms with E-state index in [0.29, 0.717) is 14.8 Å². The molecule has 9 heteroatoms. The molecule has 2 heterocycles. The summed E-state index contributed by atoms with van der Waals surface area (Å²) in [5.74, 6) is -1.14. The molecule has 1 fully saturated rings. The molecule has 142 valence electrons. The molecule has 0 saturated carbocycles. The van der Waals surface area contributed by atoms with Gasteiger partial charge in [0, 0.05) is 25.4 Å². The first-order chi connectivity index (χ1) is 13.5. The lowest BCUT2D eigenvalue weighted by Gasteiger charge is -2.14. The lowest BCUT2D eigenvalue weighted by Crippen LogP contribution is -2.43. The van der Waals surface area contributed by atoms with Crippen LogP contribution in [0.2, 0.25) is 0 Å². The van der Waals surface area contributed by atoms with Crippen LogP contribution in [-0.4, -0.2) is 38.5 Å². The van der Waals surface area contributed by atoms with Crippen molar-refractivity contribution < 1.29 is 14.4 Å². The maximum absolute atomic E-state index is 12.5. The van der Waals surface area contributed by atoms with Gasteiger partial charge in [0.05, 0.1) is 10.5 Å². The predicted molar refractivity (Wildman–Crippen MR) is 111 cm³/mol. The van der Waals surface area contributed by atoms with Crippen molar-refractivity contribution >= 4 is 52.1 Å². The highest BCUT2D eigenvalue weighted by atomic mass is 32.2. The smallest absolute Gasteiger partial charge is 0.271 e. The Hall–Kier alpha value is -3.04. The van der Waals surface area contributed by atoms with E-state index in [0.717, 1.165) is 5.56 Å². The average molecular weight is 412 g/mol. The second-order valence-corrected chi connectivity index (χ2v) is 7.41. The van der Waals surface area contributed by atoms with E-state index in [9.17, 15) is 14.4 Å². The first kappa shape index (κ1) is 19.7. The lowest BCUT2D eigenvalue weighted by molar-refractivity contribution is -0.124. The number of hydrazine groups is 1. The van der Waals surface area contributed by atoms with Gasteiger partial charge in [-0.2, -0.15) is 0 Å². The highest BCUT2D eigenvalue weighted by molar-refractivity contribution is 8.26. The van der Waals surface area contributed by atoms with Crippen molar-refractivity contribution in [1.29, 1.82) is 0 Å². The molecule has 1 saturated heterocycles. The largest absolute Gasteiger partial charge is 0.292 e. The zero-order valence-electron chi connectivity index (χ0n) is 14.6. The van der Waals surface area contributed by atoms with Crippen LogP contribution in [0.5, 0.6) is 0 Å². The molecule has 0 bridgehead atoms. The van der Waals surface area contributed by atoms with E-state index in [-0.39, 0.29) is 18.9 Å². The molecule has 2 N–H and O–H groups in total.